The fourth-order valence-corrected chi connectivity index (χ4v) is 3.04. The molecule has 3 aromatic rings. The van der Waals surface area contributed by atoms with E-state index in [1.807, 2.05) is 0 Å². The maximum absolute atomic E-state index is 12.8. The molecule has 0 unspecified atom stereocenters. The fraction of sp³-hybridized carbons (Fsp3) is 0.158. The van der Waals surface area contributed by atoms with Crippen molar-refractivity contribution in [2.75, 3.05) is 17.7 Å². The Balaban J connectivity index is 1.63. The van der Waals surface area contributed by atoms with E-state index in [0.717, 1.165) is 5.56 Å². The number of carbonyl (C=O) groups excluding carboxylic acids is 2. The maximum Gasteiger partial charge on any atom is 0.249 e. The highest BCUT2D eigenvalue weighted by Crippen LogP contribution is 2.28. The molecule has 1 atom stereocenters. The van der Waals surface area contributed by atoms with Gasteiger partial charge in [-0.15, -0.1) is 5.10 Å². The standard InChI is InChI=1S/C19H16ClN5O3/c1-28-14-4-2-3-13(9-14)21-18(27)15-10-16(26)22-19-23-17(24-25(15)19)11-5-7-12(20)8-6-11/h2-9,15H,10H2,1H3,(H,21,27)(H,22,23,24,26)/t15-/m1/s1. The van der Waals surface area contributed by atoms with Crippen molar-refractivity contribution in [2.45, 2.75) is 12.5 Å². The third kappa shape index (κ3) is 3.54. The van der Waals surface area contributed by atoms with Gasteiger partial charge in [-0.05, 0) is 36.4 Å². The lowest BCUT2D eigenvalue weighted by Gasteiger charge is -2.22. The molecule has 0 fully saturated rings. The molecular formula is C19H16ClN5O3. The van der Waals surface area contributed by atoms with Crippen LogP contribution in [0, 0.1) is 0 Å². The normalized spacial score (nSPS) is 15.5. The molecule has 2 amide bonds. The van der Waals surface area contributed by atoms with Crippen LogP contribution >= 0.6 is 11.6 Å². The Morgan fingerprint density at radius 2 is 2.07 bits per heavy atom. The minimum Gasteiger partial charge on any atom is -0.497 e. The van der Waals surface area contributed by atoms with Crippen molar-refractivity contribution >= 4 is 35.1 Å². The van der Waals surface area contributed by atoms with Gasteiger partial charge in [0.2, 0.25) is 17.8 Å². The van der Waals surface area contributed by atoms with Crippen molar-refractivity contribution in [2.24, 2.45) is 0 Å². The Kier molecular flexibility index (Phi) is 4.70. The first-order chi connectivity index (χ1) is 13.5. The third-order valence-corrected chi connectivity index (χ3v) is 4.55. The van der Waals surface area contributed by atoms with E-state index in [1.54, 1.807) is 55.6 Å². The summed E-state index contributed by atoms with van der Waals surface area (Å²) in [7, 11) is 1.55. The first kappa shape index (κ1) is 18.0. The number of hydrogen-bond acceptors (Lipinski definition) is 5. The van der Waals surface area contributed by atoms with Crippen molar-refractivity contribution in [1.29, 1.82) is 0 Å². The summed E-state index contributed by atoms with van der Waals surface area (Å²) in [5, 5.41) is 10.5. The molecule has 28 heavy (non-hydrogen) atoms. The molecule has 142 valence electrons. The van der Waals surface area contributed by atoms with Crippen molar-refractivity contribution in [3.05, 3.63) is 53.6 Å². The summed E-state index contributed by atoms with van der Waals surface area (Å²) in [4.78, 5) is 29.2. The van der Waals surface area contributed by atoms with E-state index in [4.69, 9.17) is 16.3 Å². The number of fused-ring (bicyclic) bond motifs is 1. The van der Waals surface area contributed by atoms with Gasteiger partial charge in [0, 0.05) is 22.3 Å². The van der Waals surface area contributed by atoms with E-state index in [2.05, 4.69) is 20.7 Å². The SMILES string of the molecule is COc1cccc(NC(=O)[C@H]2CC(=O)Nc3nc(-c4ccc(Cl)cc4)nn32)c1. The number of hydrogen-bond donors (Lipinski definition) is 2. The van der Waals surface area contributed by atoms with Crippen LogP contribution in [0.2, 0.25) is 5.02 Å². The van der Waals surface area contributed by atoms with Gasteiger partial charge in [0.1, 0.15) is 11.8 Å². The Morgan fingerprint density at radius 1 is 1.29 bits per heavy atom. The molecule has 4 rings (SSSR count). The summed E-state index contributed by atoms with van der Waals surface area (Å²) in [6.45, 7) is 0. The summed E-state index contributed by atoms with van der Waals surface area (Å²) in [5.41, 5.74) is 1.29. The van der Waals surface area contributed by atoms with Gasteiger partial charge in [0.05, 0.1) is 13.5 Å². The first-order valence-electron chi connectivity index (χ1n) is 8.51. The molecule has 1 aromatic heterocycles. The summed E-state index contributed by atoms with van der Waals surface area (Å²) in [6, 6.07) is 13.2. The predicted molar refractivity (Wildman–Crippen MR) is 104 cm³/mol. The maximum atomic E-state index is 12.8. The van der Waals surface area contributed by atoms with Crippen molar-refractivity contribution in [3.63, 3.8) is 0 Å². The average Bonchev–Trinajstić information content (AvgIpc) is 3.11. The van der Waals surface area contributed by atoms with Crippen molar-refractivity contribution in [3.8, 4) is 17.1 Å². The third-order valence-electron chi connectivity index (χ3n) is 4.30. The summed E-state index contributed by atoms with van der Waals surface area (Å²) >= 11 is 5.92. The van der Waals surface area contributed by atoms with E-state index in [-0.39, 0.29) is 24.2 Å². The second-order valence-electron chi connectivity index (χ2n) is 6.20. The predicted octanol–water partition coefficient (Wildman–Crippen LogP) is 3.13. The number of rotatable bonds is 4. The lowest BCUT2D eigenvalue weighted by atomic mass is 10.1. The molecule has 1 aliphatic rings. The van der Waals surface area contributed by atoms with Crippen LogP contribution in [0.4, 0.5) is 11.6 Å². The van der Waals surface area contributed by atoms with Crippen LogP contribution in [0.5, 0.6) is 5.75 Å². The van der Waals surface area contributed by atoms with Gasteiger partial charge in [0.15, 0.2) is 5.82 Å². The zero-order valence-corrected chi connectivity index (χ0v) is 15.6. The van der Waals surface area contributed by atoms with E-state index < -0.39 is 6.04 Å². The molecule has 9 heteroatoms. The largest absolute Gasteiger partial charge is 0.497 e. The molecular weight excluding hydrogens is 382 g/mol. The van der Waals surface area contributed by atoms with Crippen LogP contribution in [-0.4, -0.2) is 33.7 Å². The van der Waals surface area contributed by atoms with Gasteiger partial charge in [0.25, 0.3) is 0 Å². The van der Waals surface area contributed by atoms with E-state index in [0.29, 0.717) is 22.3 Å². The second kappa shape index (κ2) is 7.32. The monoisotopic (exact) mass is 397 g/mol. The molecule has 0 bridgehead atoms. The fourth-order valence-electron chi connectivity index (χ4n) is 2.92. The molecule has 0 aliphatic carbocycles. The van der Waals surface area contributed by atoms with Gasteiger partial charge in [-0.25, -0.2) is 4.68 Å². The van der Waals surface area contributed by atoms with Crippen LogP contribution in [-0.2, 0) is 9.59 Å². The molecule has 1 aliphatic heterocycles. The highest BCUT2D eigenvalue weighted by atomic mass is 35.5. The van der Waals surface area contributed by atoms with E-state index in [9.17, 15) is 9.59 Å². The molecule has 8 nitrogen and oxygen atoms in total. The number of nitrogens with one attached hydrogen (secondary N) is 2. The zero-order chi connectivity index (χ0) is 19.7. The number of amides is 2. The van der Waals surface area contributed by atoms with Crippen LogP contribution < -0.4 is 15.4 Å². The highest BCUT2D eigenvalue weighted by Gasteiger charge is 2.33. The average molecular weight is 398 g/mol. The number of aromatic nitrogens is 3. The Labute approximate surface area is 165 Å². The Hall–Kier alpha value is -3.39. The highest BCUT2D eigenvalue weighted by molar-refractivity contribution is 6.30. The van der Waals surface area contributed by atoms with Gasteiger partial charge < -0.3 is 10.1 Å². The zero-order valence-electron chi connectivity index (χ0n) is 14.8. The van der Waals surface area contributed by atoms with Crippen LogP contribution in [0.1, 0.15) is 12.5 Å². The van der Waals surface area contributed by atoms with Gasteiger partial charge in [-0.2, -0.15) is 4.98 Å². The van der Waals surface area contributed by atoms with Crippen molar-refractivity contribution < 1.29 is 14.3 Å². The number of benzene rings is 2. The Morgan fingerprint density at radius 3 is 2.82 bits per heavy atom. The smallest absolute Gasteiger partial charge is 0.249 e. The molecule has 2 heterocycles. The molecule has 2 N–H and O–H groups in total. The number of halogens is 1. The summed E-state index contributed by atoms with van der Waals surface area (Å²) in [6.07, 6.45) is -0.0355. The van der Waals surface area contributed by atoms with Gasteiger partial charge in [-0.1, -0.05) is 17.7 Å². The van der Waals surface area contributed by atoms with E-state index in [1.165, 1.54) is 4.68 Å². The number of methoxy groups -OCH3 is 1. The summed E-state index contributed by atoms with van der Waals surface area (Å²) < 4.78 is 6.59. The summed E-state index contributed by atoms with van der Waals surface area (Å²) in [5.74, 6) is 0.580. The van der Waals surface area contributed by atoms with Gasteiger partial charge >= 0.3 is 0 Å². The number of nitrogens with zero attached hydrogens (tertiary/aromatic N) is 3. The minimum absolute atomic E-state index is 0.0355. The van der Waals surface area contributed by atoms with E-state index >= 15 is 0 Å². The molecule has 0 spiro atoms. The van der Waals surface area contributed by atoms with Crippen LogP contribution in [0.15, 0.2) is 48.5 Å². The van der Waals surface area contributed by atoms with Crippen molar-refractivity contribution in [1.82, 2.24) is 14.8 Å². The number of ether oxygens (including phenoxy) is 1. The lowest BCUT2D eigenvalue weighted by Crippen LogP contribution is -2.36. The Bertz CT molecular complexity index is 1050. The first-order valence-corrected chi connectivity index (χ1v) is 8.88. The minimum atomic E-state index is -0.816. The number of carbonyl (C=O) groups is 2. The lowest BCUT2D eigenvalue weighted by molar-refractivity contribution is -0.125. The number of anilines is 2. The topological polar surface area (TPSA) is 98.1 Å². The second-order valence-corrected chi connectivity index (χ2v) is 6.64. The van der Waals surface area contributed by atoms with Crippen LogP contribution in [0.3, 0.4) is 0 Å². The quantitative estimate of drug-likeness (QED) is 0.704. The molecule has 2 aromatic carbocycles. The molecule has 0 radical (unpaired) electrons. The molecule has 0 saturated heterocycles. The van der Waals surface area contributed by atoms with Gasteiger partial charge in [-0.3, -0.25) is 14.9 Å². The molecule has 0 saturated carbocycles. The van der Waals surface area contributed by atoms with Crippen LogP contribution in [0.25, 0.3) is 11.4 Å².